The highest BCUT2D eigenvalue weighted by atomic mass is 32.1. The van der Waals surface area contributed by atoms with Crippen LogP contribution >= 0.6 is 12.6 Å². The quantitative estimate of drug-likeness (QED) is 0.388. The van der Waals surface area contributed by atoms with Crippen LogP contribution < -0.4 is 15.8 Å². The first-order valence-corrected chi connectivity index (χ1v) is 11.7. The summed E-state index contributed by atoms with van der Waals surface area (Å²) in [5.74, 6) is 0.788. The van der Waals surface area contributed by atoms with E-state index in [1.165, 1.54) is 0 Å². The van der Waals surface area contributed by atoms with Crippen molar-refractivity contribution in [2.24, 2.45) is 5.73 Å². The van der Waals surface area contributed by atoms with Gasteiger partial charge in [-0.1, -0.05) is 60.7 Å². The molecule has 0 saturated heterocycles. The monoisotopic (exact) mass is 464 g/mol. The van der Waals surface area contributed by atoms with Gasteiger partial charge in [0.25, 0.3) is 5.91 Å². The number of carbonyl (C=O) groups is 1. The molecule has 1 amide bonds. The van der Waals surface area contributed by atoms with Gasteiger partial charge < -0.3 is 20.7 Å². The summed E-state index contributed by atoms with van der Waals surface area (Å²) in [6.07, 6.45) is -0.723. The maximum atomic E-state index is 13.2. The second-order valence-electron chi connectivity index (χ2n) is 8.03. The third kappa shape index (κ3) is 6.49. The van der Waals surface area contributed by atoms with Gasteiger partial charge in [0.15, 0.2) is 6.10 Å². The molecular formula is C26H32N4O2S. The molecule has 0 aliphatic carbocycles. The van der Waals surface area contributed by atoms with Crippen molar-refractivity contribution in [1.82, 2.24) is 9.88 Å². The Balaban J connectivity index is 1.81. The molecule has 1 aromatic heterocycles. The van der Waals surface area contributed by atoms with Crippen LogP contribution in [0, 0.1) is 0 Å². The maximum absolute atomic E-state index is 13.2. The summed E-state index contributed by atoms with van der Waals surface area (Å²) < 4.78 is 6.12. The molecule has 33 heavy (non-hydrogen) atoms. The summed E-state index contributed by atoms with van der Waals surface area (Å²) >= 11 is 4.24. The van der Waals surface area contributed by atoms with Crippen LogP contribution in [-0.2, 0) is 4.79 Å². The largest absolute Gasteiger partial charge is 0.463 e. The highest BCUT2D eigenvalue weighted by Crippen LogP contribution is 2.29. The number of hydrogen-bond acceptors (Lipinski definition) is 6. The smallest absolute Gasteiger partial charge is 0.263 e. The van der Waals surface area contributed by atoms with Crippen molar-refractivity contribution in [2.75, 3.05) is 24.7 Å². The molecule has 0 aliphatic rings. The van der Waals surface area contributed by atoms with E-state index in [2.05, 4.69) is 17.9 Å². The molecule has 1 heterocycles. The Morgan fingerprint density at radius 2 is 1.70 bits per heavy atom. The number of amides is 1. The third-order valence-corrected chi connectivity index (χ3v) is 6.03. The van der Waals surface area contributed by atoms with E-state index in [0.717, 1.165) is 16.8 Å². The maximum Gasteiger partial charge on any atom is 0.263 e. The zero-order valence-corrected chi connectivity index (χ0v) is 20.2. The molecule has 0 aliphatic heterocycles. The number of benzene rings is 2. The summed E-state index contributed by atoms with van der Waals surface area (Å²) in [5, 5.41) is 3.28. The van der Waals surface area contributed by atoms with E-state index >= 15 is 0 Å². The number of pyridine rings is 1. The van der Waals surface area contributed by atoms with Gasteiger partial charge in [0.05, 0.1) is 17.4 Å². The van der Waals surface area contributed by atoms with Gasteiger partial charge in [0.2, 0.25) is 5.88 Å². The summed E-state index contributed by atoms with van der Waals surface area (Å²) in [7, 11) is 1.79. The molecule has 2 aromatic carbocycles. The average Bonchev–Trinajstić information content (AvgIpc) is 2.87. The lowest BCUT2D eigenvalue weighted by atomic mass is 10.1. The lowest BCUT2D eigenvalue weighted by molar-refractivity contribution is -0.138. The number of nitrogens with two attached hydrogens (primary N) is 1. The zero-order valence-electron chi connectivity index (χ0n) is 19.3. The highest BCUT2D eigenvalue weighted by Gasteiger charge is 2.25. The highest BCUT2D eigenvalue weighted by molar-refractivity contribution is 7.80. The number of carbonyl (C=O) groups excluding carboxylic acids is 1. The van der Waals surface area contributed by atoms with Crippen molar-refractivity contribution < 1.29 is 9.53 Å². The minimum atomic E-state index is -0.723. The topological polar surface area (TPSA) is 80.5 Å². The number of ether oxygens (including phenoxy) is 1. The van der Waals surface area contributed by atoms with Crippen LogP contribution in [0.5, 0.6) is 5.88 Å². The van der Waals surface area contributed by atoms with E-state index in [9.17, 15) is 4.79 Å². The van der Waals surface area contributed by atoms with Gasteiger partial charge in [-0.25, -0.2) is 4.98 Å². The van der Waals surface area contributed by atoms with E-state index in [1.807, 2.05) is 79.7 Å². The molecule has 3 aromatic rings. The fourth-order valence-corrected chi connectivity index (χ4v) is 3.52. The Labute approximate surface area is 201 Å². The van der Waals surface area contributed by atoms with E-state index in [0.29, 0.717) is 23.9 Å². The molecule has 0 saturated carbocycles. The van der Waals surface area contributed by atoms with Gasteiger partial charge in [-0.15, -0.1) is 0 Å². The minimum absolute atomic E-state index is 0.0839. The second kappa shape index (κ2) is 11.7. The standard InChI is InChI=1S/C26H32N4O2S/c1-18(20-10-6-4-7-11-20)30(3)26(31)19(2)32-25-24(28-16-22(27)17-33)15-14-23(29-25)21-12-8-5-9-13-21/h4-15,18-19,22,28,33H,16-17,27H2,1-3H3/t18?,19-,22?/m1/s1. The second-order valence-corrected chi connectivity index (χ2v) is 8.40. The fraction of sp³-hybridized carbons (Fsp3) is 0.308. The van der Waals surface area contributed by atoms with Crippen LogP contribution in [0.15, 0.2) is 72.8 Å². The molecule has 0 spiro atoms. The molecule has 6 nitrogen and oxygen atoms in total. The predicted octanol–water partition coefficient (Wildman–Crippen LogP) is 4.40. The molecular weight excluding hydrogens is 432 g/mol. The fourth-order valence-electron chi connectivity index (χ4n) is 3.39. The van der Waals surface area contributed by atoms with Gasteiger partial charge in [-0.3, -0.25) is 4.79 Å². The van der Waals surface area contributed by atoms with Crippen LogP contribution in [-0.4, -0.2) is 47.3 Å². The molecule has 3 N–H and O–H groups in total. The zero-order chi connectivity index (χ0) is 23.8. The van der Waals surface area contributed by atoms with Crippen molar-refractivity contribution >= 4 is 24.2 Å². The van der Waals surface area contributed by atoms with Crippen molar-refractivity contribution in [1.29, 1.82) is 0 Å². The normalized spacial score (nSPS) is 13.6. The van der Waals surface area contributed by atoms with E-state index in [4.69, 9.17) is 15.5 Å². The summed E-state index contributed by atoms with van der Waals surface area (Å²) in [6, 6.07) is 23.4. The van der Waals surface area contributed by atoms with Crippen molar-refractivity contribution in [2.45, 2.75) is 32.0 Å². The molecule has 0 radical (unpaired) electrons. The first-order chi connectivity index (χ1) is 15.9. The number of nitrogens with zero attached hydrogens (tertiary/aromatic N) is 2. The molecule has 3 rings (SSSR count). The number of rotatable bonds is 10. The molecule has 3 atom stereocenters. The van der Waals surface area contributed by atoms with Crippen molar-refractivity contribution in [3.8, 4) is 17.1 Å². The molecule has 174 valence electrons. The summed E-state index contributed by atoms with van der Waals surface area (Å²) in [5.41, 5.74) is 9.49. The first kappa shape index (κ1) is 24.6. The number of nitrogens with one attached hydrogen (secondary N) is 1. The molecule has 0 bridgehead atoms. The molecule has 0 fully saturated rings. The first-order valence-electron chi connectivity index (χ1n) is 11.1. The number of thiol groups is 1. The van der Waals surface area contributed by atoms with Crippen LogP contribution in [0.1, 0.15) is 25.5 Å². The lowest BCUT2D eigenvalue weighted by Crippen LogP contribution is -2.39. The average molecular weight is 465 g/mol. The van der Waals surface area contributed by atoms with Gasteiger partial charge >= 0.3 is 0 Å². The molecule has 7 heteroatoms. The number of hydrogen-bond donors (Lipinski definition) is 3. The van der Waals surface area contributed by atoms with Gasteiger partial charge in [-0.05, 0) is 31.5 Å². The van der Waals surface area contributed by atoms with E-state index < -0.39 is 6.10 Å². The van der Waals surface area contributed by atoms with E-state index in [1.54, 1.807) is 18.9 Å². The van der Waals surface area contributed by atoms with Crippen LogP contribution in [0.4, 0.5) is 5.69 Å². The third-order valence-electron chi connectivity index (χ3n) is 5.57. The molecule has 2 unspecified atom stereocenters. The Hall–Kier alpha value is -3.03. The number of likely N-dealkylation sites (N-methyl/N-ethyl adjacent to an activating group) is 1. The number of aromatic nitrogens is 1. The van der Waals surface area contributed by atoms with Crippen LogP contribution in [0.2, 0.25) is 0 Å². The van der Waals surface area contributed by atoms with Crippen molar-refractivity contribution in [3.05, 3.63) is 78.4 Å². The van der Waals surface area contributed by atoms with Crippen molar-refractivity contribution in [3.63, 3.8) is 0 Å². The van der Waals surface area contributed by atoms with Crippen LogP contribution in [0.25, 0.3) is 11.3 Å². The lowest BCUT2D eigenvalue weighted by Gasteiger charge is -2.28. The van der Waals surface area contributed by atoms with Crippen LogP contribution in [0.3, 0.4) is 0 Å². The summed E-state index contributed by atoms with van der Waals surface area (Å²) in [6.45, 7) is 4.26. The Morgan fingerprint density at radius 3 is 2.33 bits per heavy atom. The minimum Gasteiger partial charge on any atom is -0.463 e. The SMILES string of the molecule is CC(c1ccccc1)N(C)C(=O)[C@@H](C)Oc1nc(-c2ccccc2)ccc1NCC(N)CS. The Morgan fingerprint density at radius 1 is 1.06 bits per heavy atom. The Bertz CT molecular complexity index is 1030. The summed E-state index contributed by atoms with van der Waals surface area (Å²) in [4.78, 5) is 19.6. The Kier molecular flexibility index (Phi) is 8.74. The van der Waals surface area contributed by atoms with Gasteiger partial charge in [-0.2, -0.15) is 12.6 Å². The van der Waals surface area contributed by atoms with E-state index in [-0.39, 0.29) is 18.0 Å². The number of anilines is 1. The van der Waals surface area contributed by atoms with Gasteiger partial charge in [0, 0.05) is 31.0 Å². The predicted molar refractivity (Wildman–Crippen MR) is 138 cm³/mol. The van der Waals surface area contributed by atoms with Gasteiger partial charge in [0.1, 0.15) is 0 Å².